The number of benzene rings is 1. The molecule has 1 aromatic rings. The van der Waals surface area contributed by atoms with Crippen LogP contribution in [-0.2, 0) is 4.79 Å². The number of hydrogen-bond acceptors (Lipinski definition) is 2. The zero-order valence-electron chi connectivity index (χ0n) is 16.4. The van der Waals surface area contributed by atoms with Crippen LogP contribution < -0.4 is 4.74 Å². The Morgan fingerprint density at radius 2 is 1.59 bits per heavy atom. The van der Waals surface area contributed by atoms with E-state index in [4.69, 9.17) is 4.74 Å². The first-order valence-corrected chi connectivity index (χ1v) is 10.7. The van der Waals surface area contributed by atoms with Crippen LogP contribution in [0.4, 0.5) is 4.39 Å². The fraction of sp³-hybridized carbons (Fsp3) is 0.625. The quantitative estimate of drug-likeness (QED) is 0.230. The van der Waals surface area contributed by atoms with Crippen LogP contribution in [0.25, 0.3) is 0 Å². The highest BCUT2D eigenvalue weighted by Gasteiger charge is 2.33. The standard InChI is InChI=1S/C24H33FO2/c1-2-3-4-5-18-6-8-19(9-7-18)20-10-12-21(13-11-20)24(26)27-23-16-14-22(25)15-17-23/h2,14-21H,1,3-13H2/t18-,19-,20-,21-. The molecule has 2 fully saturated rings. The van der Waals surface area contributed by atoms with Crippen LogP contribution >= 0.6 is 0 Å². The number of hydrogen-bond donors (Lipinski definition) is 0. The van der Waals surface area contributed by atoms with Crippen LogP contribution in [0.1, 0.15) is 70.6 Å². The van der Waals surface area contributed by atoms with E-state index in [2.05, 4.69) is 6.58 Å². The van der Waals surface area contributed by atoms with Gasteiger partial charge in [0.05, 0.1) is 5.92 Å². The van der Waals surface area contributed by atoms with E-state index < -0.39 is 0 Å². The molecule has 0 bridgehead atoms. The van der Waals surface area contributed by atoms with Gasteiger partial charge in [-0.15, -0.1) is 6.58 Å². The monoisotopic (exact) mass is 372 g/mol. The van der Waals surface area contributed by atoms with Crippen LogP contribution in [-0.4, -0.2) is 5.97 Å². The lowest BCUT2D eigenvalue weighted by Crippen LogP contribution is -2.30. The largest absolute Gasteiger partial charge is 0.426 e. The topological polar surface area (TPSA) is 26.3 Å². The summed E-state index contributed by atoms with van der Waals surface area (Å²) in [4.78, 5) is 12.4. The summed E-state index contributed by atoms with van der Waals surface area (Å²) in [6.07, 6.45) is 15.5. The molecular weight excluding hydrogens is 339 g/mol. The number of unbranched alkanes of at least 4 members (excludes halogenated alkanes) is 1. The molecule has 2 saturated carbocycles. The van der Waals surface area contributed by atoms with Crippen molar-refractivity contribution >= 4 is 5.97 Å². The summed E-state index contributed by atoms with van der Waals surface area (Å²) >= 11 is 0. The van der Waals surface area contributed by atoms with Crippen molar-refractivity contribution in [3.63, 3.8) is 0 Å². The van der Waals surface area contributed by atoms with Crippen molar-refractivity contribution in [3.8, 4) is 5.75 Å². The fourth-order valence-electron chi connectivity index (χ4n) is 5.03. The molecule has 0 unspecified atom stereocenters. The Morgan fingerprint density at radius 3 is 2.19 bits per heavy atom. The van der Waals surface area contributed by atoms with Crippen LogP contribution in [0.2, 0.25) is 0 Å². The number of carbonyl (C=O) groups is 1. The Balaban J connectivity index is 1.38. The third-order valence-electron chi connectivity index (χ3n) is 6.72. The lowest BCUT2D eigenvalue weighted by molar-refractivity contribution is -0.140. The first kappa shape index (κ1) is 20.1. The molecule has 0 aliphatic heterocycles. The summed E-state index contributed by atoms with van der Waals surface area (Å²) in [7, 11) is 0. The molecule has 0 N–H and O–H groups in total. The maximum Gasteiger partial charge on any atom is 0.314 e. The molecule has 27 heavy (non-hydrogen) atoms. The molecule has 0 heterocycles. The van der Waals surface area contributed by atoms with Gasteiger partial charge in [0, 0.05) is 0 Å². The summed E-state index contributed by atoms with van der Waals surface area (Å²) < 4.78 is 18.4. The molecule has 3 heteroatoms. The molecule has 2 aliphatic rings. The first-order chi connectivity index (χ1) is 13.2. The number of rotatable bonds is 7. The van der Waals surface area contributed by atoms with Gasteiger partial charge in [-0.3, -0.25) is 4.79 Å². The van der Waals surface area contributed by atoms with Gasteiger partial charge in [0.1, 0.15) is 11.6 Å². The van der Waals surface area contributed by atoms with Crippen LogP contribution in [0.15, 0.2) is 36.9 Å². The molecule has 1 aromatic carbocycles. The molecule has 0 atom stereocenters. The first-order valence-electron chi connectivity index (χ1n) is 10.7. The summed E-state index contributed by atoms with van der Waals surface area (Å²) in [5.74, 6) is 2.54. The summed E-state index contributed by atoms with van der Waals surface area (Å²) in [6.45, 7) is 3.81. The lowest BCUT2D eigenvalue weighted by Gasteiger charge is -2.37. The van der Waals surface area contributed by atoms with E-state index in [-0.39, 0.29) is 17.7 Å². The maximum atomic E-state index is 13.0. The van der Waals surface area contributed by atoms with Crippen LogP contribution in [0.5, 0.6) is 5.75 Å². The summed E-state index contributed by atoms with van der Waals surface area (Å²) in [6, 6.07) is 5.69. The number of halogens is 1. The van der Waals surface area contributed by atoms with E-state index in [0.29, 0.717) is 5.75 Å². The molecule has 2 nitrogen and oxygen atoms in total. The van der Waals surface area contributed by atoms with Gasteiger partial charge in [0.2, 0.25) is 0 Å². The van der Waals surface area contributed by atoms with Crippen molar-refractivity contribution in [2.45, 2.75) is 70.6 Å². The van der Waals surface area contributed by atoms with Crippen molar-refractivity contribution in [1.82, 2.24) is 0 Å². The Kier molecular flexibility index (Phi) is 7.49. The molecular formula is C24H33FO2. The second-order valence-electron chi connectivity index (χ2n) is 8.49. The minimum absolute atomic E-state index is 0.00143. The highest BCUT2D eigenvalue weighted by atomic mass is 19.1. The molecule has 2 aliphatic carbocycles. The Morgan fingerprint density at radius 1 is 1.00 bits per heavy atom. The van der Waals surface area contributed by atoms with Crippen molar-refractivity contribution in [2.75, 3.05) is 0 Å². The number of carbonyl (C=O) groups excluding carboxylic acids is 1. The normalized spacial score (nSPS) is 28.5. The van der Waals surface area contributed by atoms with Gasteiger partial charge >= 0.3 is 5.97 Å². The van der Waals surface area contributed by atoms with Gasteiger partial charge in [-0.25, -0.2) is 4.39 Å². The van der Waals surface area contributed by atoms with Gasteiger partial charge in [-0.2, -0.15) is 0 Å². The van der Waals surface area contributed by atoms with Crippen molar-refractivity contribution in [2.24, 2.45) is 23.7 Å². The van der Waals surface area contributed by atoms with Gasteiger partial charge in [0.25, 0.3) is 0 Å². The fourth-order valence-corrected chi connectivity index (χ4v) is 5.03. The number of allylic oxidation sites excluding steroid dienone is 1. The summed E-state index contributed by atoms with van der Waals surface area (Å²) in [5, 5.41) is 0. The van der Waals surface area contributed by atoms with Gasteiger partial charge in [0.15, 0.2) is 0 Å². The zero-order chi connectivity index (χ0) is 19.1. The van der Waals surface area contributed by atoms with Gasteiger partial charge < -0.3 is 4.74 Å². The van der Waals surface area contributed by atoms with Crippen molar-refractivity contribution in [3.05, 3.63) is 42.7 Å². The van der Waals surface area contributed by atoms with Crippen molar-refractivity contribution in [1.29, 1.82) is 0 Å². The smallest absolute Gasteiger partial charge is 0.314 e. The third-order valence-corrected chi connectivity index (χ3v) is 6.72. The van der Waals surface area contributed by atoms with Gasteiger partial charge in [-0.1, -0.05) is 25.3 Å². The Labute approximate surface area is 163 Å². The third kappa shape index (κ3) is 5.92. The highest BCUT2D eigenvalue weighted by molar-refractivity contribution is 5.75. The highest BCUT2D eigenvalue weighted by Crippen LogP contribution is 2.42. The SMILES string of the molecule is C=CCCC[C@H]1CC[C@H]([C@H]2CC[C@H](C(=O)Oc3ccc(F)cc3)CC2)CC1. The number of esters is 1. The minimum Gasteiger partial charge on any atom is -0.426 e. The van der Waals surface area contributed by atoms with E-state index in [1.165, 1.54) is 62.8 Å². The van der Waals surface area contributed by atoms with E-state index in [9.17, 15) is 9.18 Å². The molecule has 0 amide bonds. The van der Waals surface area contributed by atoms with E-state index >= 15 is 0 Å². The lowest BCUT2D eigenvalue weighted by atomic mass is 9.68. The van der Waals surface area contributed by atoms with E-state index in [1.54, 1.807) is 0 Å². The van der Waals surface area contributed by atoms with E-state index in [0.717, 1.165) is 49.9 Å². The van der Waals surface area contributed by atoms with E-state index in [1.807, 2.05) is 6.08 Å². The molecule has 3 rings (SSSR count). The average molecular weight is 373 g/mol. The Hall–Kier alpha value is -1.64. The molecule has 148 valence electrons. The van der Waals surface area contributed by atoms with Gasteiger partial charge in [-0.05, 0) is 93.4 Å². The van der Waals surface area contributed by atoms with Crippen LogP contribution in [0, 0.1) is 29.5 Å². The predicted molar refractivity (Wildman–Crippen MR) is 107 cm³/mol. The predicted octanol–water partition coefficient (Wildman–Crippen LogP) is 6.70. The summed E-state index contributed by atoms with van der Waals surface area (Å²) in [5.41, 5.74) is 0. The number of ether oxygens (including phenoxy) is 1. The average Bonchev–Trinajstić information content (AvgIpc) is 2.70. The Bertz CT molecular complexity index is 593. The van der Waals surface area contributed by atoms with Crippen LogP contribution in [0.3, 0.4) is 0 Å². The second-order valence-corrected chi connectivity index (χ2v) is 8.49. The molecule has 0 radical (unpaired) electrons. The maximum absolute atomic E-state index is 13.0. The minimum atomic E-state index is -0.314. The van der Waals surface area contributed by atoms with Crippen molar-refractivity contribution < 1.29 is 13.9 Å². The molecule has 0 aromatic heterocycles. The molecule has 0 spiro atoms. The molecule has 0 saturated heterocycles. The second kappa shape index (κ2) is 10.1. The zero-order valence-corrected chi connectivity index (χ0v) is 16.4.